The van der Waals surface area contributed by atoms with Gasteiger partial charge in [-0.2, -0.15) is 0 Å². The maximum atomic E-state index is 12.4. The summed E-state index contributed by atoms with van der Waals surface area (Å²) in [5.74, 6) is 0.961. The zero-order valence-electron chi connectivity index (χ0n) is 12.1. The minimum Gasteiger partial charge on any atom is -0.280 e. The Morgan fingerprint density at radius 2 is 2.09 bits per heavy atom. The monoisotopic (exact) mass is 428 g/mol. The molecule has 0 aliphatic heterocycles. The fourth-order valence-corrected chi connectivity index (χ4v) is 5.65. The van der Waals surface area contributed by atoms with Crippen LogP contribution in [0.15, 0.2) is 56.2 Å². The molecule has 3 aromatic rings. The van der Waals surface area contributed by atoms with Crippen LogP contribution in [-0.4, -0.2) is 19.2 Å². The summed E-state index contributed by atoms with van der Waals surface area (Å²) < 4.78 is 30.2. The van der Waals surface area contributed by atoms with Crippen molar-refractivity contribution in [2.24, 2.45) is 0 Å². The van der Waals surface area contributed by atoms with Gasteiger partial charge < -0.3 is 0 Å². The molecule has 0 aliphatic rings. The smallest absolute Gasteiger partial charge is 0.261 e. The summed E-state index contributed by atoms with van der Waals surface area (Å²) in [6, 6.07) is 12.0. The van der Waals surface area contributed by atoms with E-state index in [1.165, 1.54) is 0 Å². The molecule has 0 spiro atoms. The lowest BCUT2D eigenvalue weighted by atomic mass is 10.3. The van der Waals surface area contributed by atoms with Crippen molar-refractivity contribution in [2.45, 2.75) is 16.2 Å². The topological polar surface area (TPSA) is 59.1 Å². The van der Waals surface area contributed by atoms with Crippen molar-refractivity contribution in [1.29, 1.82) is 0 Å². The third-order valence-corrected chi connectivity index (χ3v) is 6.91. The fourth-order valence-electron chi connectivity index (χ4n) is 2.00. The van der Waals surface area contributed by atoms with Crippen molar-refractivity contribution in [3.63, 3.8) is 0 Å². The number of nitrogens with zero attached hydrogens (tertiary/aromatic N) is 1. The number of fused-ring (bicyclic) bond motifs is 1. The van der Waals surface area contributed by atoms with Gasteiger partial charge >= 0.3 is 0 Å². The molecule has 0 saturated carbocycles. The van der Waals surface area contributed by atoms with Crippen LogP contribution in [0.25, 0.3) is 10.2 Å². The molecule has 1 N–H and O–H groups in total. The number of nitrogens with one attached hydrogen (secondary N) is 1. The van der Waals surface area contributed by atoms with E-state index >= 15 is 0 Å². The summed E-state index contributed by atoms with van der Waals surface area (Å²) in [6.45, 7) is 2.08. The van der Waals surface area contributed by atoms with Crippen LogP contribution < -0.4 is 4.72 Å². The summed E-state index contributed by atoms with van der Waals surface area (Å²) in [7, 11) is -3.61. The van der Waals surface area contributed by atoms with Crippen LogP contribution in [-0.2, 0) is 10.0 Å². The molecule has 0 atom stereocenters. The van der Waals surface area contributed by atoms with Gasteiger partial charge in [-0.15, -0.1) is 11.3 Å². The van der Waals surface area contributed by atoms with Crippen molar-refractivity contribution < 1.29 is 8.42 Å². The van der Waals surface area contributed by atoms with E-state index in [-0.39, 0.29) is 4.90 Å². The molecule has 120 valence electrons. The average Bonchev–Trinajstić information content (AvgIpc) is 2.89. The quantitative estimate of drug-likeness (QED) is 0.582. The molecule has 23 heavy (non-hydrogen) atoms. The average molecular weight is 429 g/mol. The standard InChI is InChI=1S/C15H13BrN2O2S3/c1-2-21-15-17-13-7-6-11(9-14(13)22-15)18-23(19,20)12-5-3-4-10(16)8-12/h3-9,18H,2H2,1H3. The SMILES string of the molecule is CCSc1nc2ccc(NS(=O)(=O)c3cccc(Br)c3)cc2s1. The molecule has 3 rings (SSSR count). The predicted molar refractivity (Wildman–Crippen MR) is 101 cm³/mol. The molecule has 0 saturated heterocycles. The lowest BCUT2D eigenvalue weighted by Crippen LogP contribution is -2.12. The second-order valence-electron chi connectivity index (χ2n) is 4.66. The number of thioether (sulfide) groups is 1. The molecule has 0 unspecified atom stereocenters. The fraction of sp³-hybridized carbons (Fsp3) is 0.133. The zero-order valence-corrected chi connectivity index (χ0v) is 16.2. The van der Waals surface area contributed by atoms with Crippen LogP contribution in [0.2, 0.25) is 0 Å². The van der Waals surface area contributed by atoms with Crippen LogP contribution in [0.5, 0.6) is 0 Å². The Morgan fingerprint density at radius 1 is 1.26 bits per heavy atom. The van der Waals surface area contributed by atoms with Gasteiger partial charge in [0.1, 0.15) is 0 Å². The summed E-state index contributed by atoms with van der Waals surface area (Å²) in [5, 5.41) is 0. The Bertz CT molecular complexity index is 954. The molecular formula is C15H13BrN2O2S3. The van der Waals surface area contributed by atoms with Crippen LogP contribution in [0.3, 0.4) is 0 Å². The number of thiazole rings is 1. The molecule has 0 fully saturated rings. The number of halogens is 1. The van der Waals surface area contributed by atoms with Crippen molar-refractivity contribution in [2.75, 3.05) is 10.5 Å². The van der Waals surface area contributed by atoms with Gasteiger partial charge in [-0.05, 0) is 42.2 Å². The Labute approximate surface area is 151 Å². The molecule has 4 nitrogen and oxygen atoms in total. The molecule has 8 heteroatoms. The second kappa shape index (κ2) is 6.80. The molecule has 1 heterocycles. The van der Waals surface area contributed by atoms with Gasteiger partial charge in [0, 0.05) is 4.47 Å². The summed E-state index contributed by atoms with van der Waals surface area (Å²) in [6.07, 6.45) is 0. The molecule has 2 aromatic carbocycles. The number of sulfonamides is 1. The van der Waals surface area contributed by atoms with E-state index in [0.717, 1.165) is 24.8 Å². The van der Waals surface area contributed by atoms with E-state index in [0.29, 0.717) is 5.69 Å². The number of aromatic nitrogens is 1. The summed E-state index contributed by atoms with van der Waals surface area (Å²) >= 11 is 6.54. The minimum absolute atomic E-state index is 0.221. The molecule has 0 bridgehead atoms. The van der Waals surface area contributed by atoms with E-state index in [1.807, 2.05) is 12.1 Å². The first-order valence-corrected chi connectivity index (χ1v) is 10.9. The Hall–Kier alpha value is -1.09. The van der Waals surface area contributed by atoms with E-state index in [1.54, 1.807) is 53.4 Å². The maximum absolute atomic E-state index is 12.4. The highest BCUT2D eigenvalue weighted by molar-refractivity contribution is 9.10. The van der Waals surface area contributed by atoms with Crippen molar-refractivity contribution in [3.8, 4) is 0 Å². The van der Waals surface area contributed by atoms with Gasteiger partial charge in [-0.25, -0.2) is 13.4 Å². The van der Waals surface area contributed by atoms with Crippen LogP contribution >= 0.6 is 39.0 Å². The second-order valence-corrected chi connectivity index (χ2v) is 9.80. The highest BCUT2D eigenvalue weighted by Crippen LogP contribution is 2.31. The molecular weight excluding hydrogens is 416 g/mol. The Balaban J connectivity index is 1.91. The number of anilines is 1. The maximum Gasteiger partial charge on any atom is 0.261 e. The van der Waals surface area contributed by atoms with Crippen molar-refractivity contribution in [1.82, 2.24) is 4.98 Å². The number of hydrogen-bond acceptors (Lipinski definition) is 5. The predicted octanol–water partition coefficient (Wildman–Crippen LogP) is 4.97. The highest BCUT2D eigenvalue weighted by atomic mass is 79.9. The van der Waals surface area contributed by atoms with E-state index in [9.17, 15) is 8.42 Å². The summed E-state index contributed by atoms with van der Waals surface area (Å²) in [5.41, 5.74) is 1.42. The lowest BCUT2D eigenvalue weighted by molar-refractivity contribution is 0.601. The summed E-state index contributed by atoms with van der Waals surface area (Å²) in [4.78, 5) is 4.73. The van der Waals surface area contributed by atoms with Crippen LogP contribution in [0.4, 0.5) is 5.69 Å². The molecule has 1 aromatic heterocycles. The largest absolute Gasteiger partial charge is 0.280 e. The number of hydrogen-bond donors (Lipinski definition) is 1. The van der Waals surface area contributed by atoms with Crippen molar-refractivity contribution >= 4 is 65.0 Å². The van der Waals surface area contributed by atoms with E-state index in [4.69, 9.17) is 0 Å². The van der Waals surface area contributed by atoms with E-state index < -0.39 is 10.0 Å². The first-order chi connectivity index (χ1) is 11.0. The van der Waals surface area contributed by atoms with Crippen LogP contribution in [0.1, 0.15) is 6.92 Å². The molecule has 0 radical (unpaired) electrons. The first kappa shape index (κ1) is 16.8. The minimum atomic E-state index is -3.61. The normalized spacial score (nSPS) is 11.7. The zero-order chi connectivity index (χ0) is 16.4. The molecule has 0 aliphatic carbocycles. The van der Waals surface area contributed by atoms with E-state index in [2.05, 4.69) is 32.6 Å². The number of benzene rings is 2. The Kier molecular flexibility index (Phi) is 4.96. The van der Waals surface area contributed by atoms with Gasteiger partial charge in [0.05, 0.1) is 20.8 Å². The van der Waals surface area contributed by atoms with Gasteiger partial charge in [0.2, 0.25) is 0 Å². The molecule has 0 amide bonds. The van der Waals surface area contributed by atoms with Gasteiger partial charge in [0.15, 0.2) is 4.34 Å². The first-order valence-electron chi connectivity index (χ1n) is 6.80. The van der Waals surface area contributed by atoms with Crippen LogP contribution in [0, 0.1) is 0 Å². The lowest BCUT2D eigenvalue weighted by Gasteiger charge is -2.08. The highest BCUT2D eigenvalue weighted by Gasteiger charge is 2.15. The van der Waals surface area contributed by atoms with Gasteiger partial charge in [-0.3, -0.25) is 4.72 Å². The number of rotatable bonds is 5. The van der Waals surface area contributed by atoms with Gasteiger partial charge in [-0.1, -0.05) is 40.7 Å². The van der Waals surface area contributed by atoms with Crippen molar-refractivity contribution in [3.05, 3.63) is 46.9 Å². The third kappa shape index (κ3) is 3.88. The Morgan fingerprint density at radius 3 is 2.83 bits per heavy atom. The third-order valence-electron chi connectivity index (χ3n) is 3.00. The van der Waals surface area contributed by atoms with Gasteiger partial charge in [0.25, 0.3) is 10.0 Å².